The van der Waals surface area contributed by atoms with Crippen molar-refractivity contribution in [3.8, 4) is 5.75 Å². The summed E-state index contributed by atoms with van der Waals surface area (Å²) in [7, 11) is 0. The maximum atomic E-state index is 6.04. The number of hydrogen-bond donors (Lipinski definition) is 1. The maximum Gasteiger partial charge on any atom is 0.189 e. The average molecular weight is 292 g/mol. The molecule has 0 aromatic heterocycles. The van der Waals surface area contributed by atoms with Crippen LogP contribution in [0.4, 0.5) is 5.69 Å². The summed E-state index contributed by atoms with van der Waals surface area (Å²) < 4.78 is 11.1. The Bertz CT molecular complexity index is 462. The van der Waals surface area contributed by atoms with Gasteiger partial charge in [-0.3, -0.25) is 4.90 Å². The molecular weight excluding hydrogens is 264 g/mol. The Morgan fingerprint density at radius 1 is 1.33 bits per heavy atom. The number of ether oxygens (including phenoxy) is 2. The molecule has 0 bridgehead atoms. The van der Waals surface area contributed by atoms with Gasteiger partial charge in [0.15, 0.2) is 6.79 Å². The highest BCUT2D eigenvalue weighted by molar-refractivity contribution is 5.53. The van der Waals surface area contributed by atoms with Crippen molar-refractivity contribution < 1.29 is 9.47 Å². The third-order valence-corrected chi connectivity index (χ3v) is 4.20. The minimum atomic E-state index is 0.336. The summed E-state index contributed by atoms with van der Waals surface area (Å²) in [5.41, 5.74) is 9.08. The summed E-state index contributed by atoms with van der Waals surface area (Å²) in [6.45, 7) is 9.70. The van der Waals surface area contributed by atoms with Crippen LogP contribution in [0.25, 0.3) is 0 Å². The molecule has 1 aliphatic heterocycles. The van der Waals surface area contributed by atoms with Crippen LogP contribution >= 0.6 is 0 Å². The van der Waals surface area contributed by atoms with Crippen molar-refractivity contribution in [3.63, 3.8) is 0 Å². The second-order valence-electron chi connectivity index (χ2n) is 5.86. The van der Waals surface area contributed by atoms with Gasteiger partial charge in [0.05, 0.1) is 6.61 Å². The first-order chi connectivity index (χ1) is 10.2. The molecule has 0 spiro atoms. The van der Waals surface area contributed by atoms with Crippen molar-refractivity contribution in [1.82, 2.24) is 4.90 Å². The van der Waals surface area contributed by atoms with Crippen LogP contribution in [0.5, 0.6) is 5.75 Å². The smallest absolute Gasteiger partial charge is 0.189 e. The third kappa shape index (κ3) is 4.11. The molecule has 0 saturated carbocycles. The molecule has 1 heterocycles. The molecule has 1 aliphatic rings. The van der Waals surface area contributed by atoms with E-state index < -0.39 is 0 Å². The number of nitrogen functional groups attached to an aromatic ring is 1. The van der Waals surface area contributed by atoms with Crippen molar-refractivity contribution in [3.05, 3.63) is 23.3 Å². The number of rotatable bonds is 7. The summed E-state index contributed by atoms with van der Waals surface area (Å²) >= 11 is 0. The van der Waals surface area contributed by atoms with Gasteiger partial charge in [-0.2, -0.15) is 0 Å². The summed E-state index contributed by atoms with van der Waals surface area (Å²) in [5, 5.41) is 0. The highest BCUT2D eigenvalue weighted by Gasteiger charge is 2.20. The topological polar surface area (TPSA) is 47.7 Å². The van der Waals surface area contributed by atoms with E-state index in [2.05, 4.69) is 25.7 Å². The molecule has 1 unspecified atom stereocenters. The first-order valence-electron chi connectivity index (χ1n) is 8.01. The standard InChI is InChI=1S/C17H28N2O2/c1-4-6-7-19(13(3)5-2)10-14-8-16(18)9-15-11-20-12-21-17(14)15/h8-9,13H,4-7,10-12,18H2,1-3H3. The molecular formula is C17H28N2O2. The predicted octanol–water partition coefficient (Wildman–Crippen LogP) is 3.54. The van der Waals surface area contributed by atoms with E-state index in [1.165, 1.54) is 18.4 Å². The minimum absolute atomic E-state index is 0.336. The molecule has 4 nitrogen and oxygen atoms in total. The van der Waals surface area contributed by atoms with Crippen LogP contribution in [0.3, 0.4) is 0 Å². The van der Waals surface area contributed by atoms with Gasteiger partial charge < -0.3 is 15.2 Å². The maximum absolute atomic E-state index is 6.04. The fraction of sp³-hybridized carbons (Fsp3) is 0.647. The Balaban J connectivity index is 2.21. The molecule has 0 radical (unpaired) electrons. The molecule has 2 rings (SSSR count). The van der Waals surface area contributed by atoms with Crippen LogP contribution in [0, 0.1) is 0 Å². The van der Waals surface area contributed by atoms with E-state index in [1.807, 2.05) is 12.1 Å². The first kappa shape index (κ1) is 16.1. The van der Waals surface area contributed by atoms with Crippen LogP contribution in [0.15, 0.2) is 12.1 Å². The quantitative estimate of drug-likeness (QED) is 0.781. The Labute approximate surface area is 128 Å². The molecule has 21 heavy (non-hydrogen) atoms. The normalized spacial score (nSPS) is 15.6. The van der Waals surface area contributed by atoms with E-state index >= 15 is 0 Å². The van der Waals surface area contributed by atoms with Crippen molar-refractivity contribution in [1.29, 1.82) is 0 Å². The SMILES string of the molecule is CCCCN(Cc1cc(N)cc2c1OCOC2)C(C)CC. The van der Waals surface area contributed by atoms with Gasteiger partial charge in [-0.05, 0) is 38.4 Å². The van der Waals surface area contributed by atoms with Crippen LogP contribution in [0.1, 0.15) is 51.2 Å². The third-order valence-electron chi connectivity index (χ3n) is 4.20. The summed E-state index contributed by atoms with van der Waals surface area (Å²) in [6, 6.07) is 4.57. The van der Waals surface area contributed by atoms with E-state index in [9.17, 15) is 0 Å². The second kappa shape index (κ2) is 7.66. The van der Waals surface area contributed by atoms with E-state index in [-0.39, 0.29) is 0 Å². The Hall–Kier alpha value is -1.26. The monoisotopic (exact) mass is 292 g/mol. The second-order valence-corrected chi connectivity index (χ2v) is 5.86. The average Bonchev–Trinajstić information content (AvgIpc) is 2.50. The molecule has 1 aromatic rings. The molecule has 0 saturated heterocycles. The van der Waals surface area contributed by atoms with E-state index in [0.29, 0.717) is 19.4 Å². The molecule has 0 fully saturated rings. The summed E-state index contributed by atoms with van der Waals surface area (Å²) in [6.07, 6.45) is 3.59. The molecule has 1 aromatic carbocycles. The molecule has 0 aliphatic carbocycles. The number of anilines is 1. The fourth-order valence-electron chi connectivity index (χ4n) is 2.74. The van der Waals surface area contributed by atoms with E-state index in [0.717, 1.165) is 36.5 Å². The van der Waals surface area contributed by atoms with Crippen LogP contribution in [0.2, 0.25) is 0 Å². The Morgan fingerprint density at radius 2 is 2.14 bits per heavy atom. The number of nitrogens with two attached hydrogens (primary N) is 1. The number of fused-ring (bicyclic) bond motifs is 1. The van der Waals surface area contributed by atoms with Gasteiger partial charge in [-0.15, -0.1) is 0 Å². The number of hydrogen-bond acceptors (Lipinski definition) is 4. The minimum Gasteiger partial charge on any atom is -0.467 e. The zero-order valence-corrected chi connectivity index (χ0v) is 13.5. The van der Waals surface area contributed by atoms with Gasteiger partial charge in [-0.25, -0.2) is 0 Å². The number of nitrogens with zero attached hydrogens (tertiary/aromatic N) is 1. The molecule has 118 valence electrons. The summed E-state index contributed by atoms with van der Waals surface area (Å²) in [4.78, 5) is 2.53. The van der Waals surface area contributed by atoms with Crippen LogP contribution < -0.4 is 10.5 Å². The summed E-state index contributed by atoms with van der Waals surface area (Å²) in [5.74, 6) is 0.972. The predicted molar refractivity (Wildman–Crippen MR) is 86.2 cm³/mol. The van der Waals surface area contributed by atoms with Gasteiger partial charge in [0, 0.05) is 29.4 Å². The largest absolute Gasteiger partial charge is 0.467 e. The highest BCUT2D eigenvalue weighted by atomic mass is 16.7. The zero-order chi connectivity index (χ0) is 15.2. The number of unbranched alkanes of at least 4 members (excludes halogenated alkanes) is 1. The lowest BCUT2D eigenvalue weighted by Crippen LogP contribution is -2.33. The fourth-order valence-corrected chi connectivity index (χ4v) is 2.74. The lowest BCUT2D eigenvalue weighted by atomic mass is 10.0. The van der Waals surface area contributed by atoms with Crippen molar-refractivity contribution in [2.24, 2.45) is 0 Å². The van der Waals surface area contributed by atoms with Crippen molar-refractivity contribution >= 4 is 5.69 Å². The van der Waals surface area contributed by atoms with Gasteiger partial charge in [0.1, 0.15) is 5.75 Å². The van der Waals surface area contributed by atoms with Crippen molar-refractivity contribution in [2.45, 2.75) is 59.2 Å². The van der Waals surface area contributed by atoms with Gasteiger partial charge in [0.2, 0.25) is 0 Å². The highest BCUT2D eigenvalue weighted by Crippen LogP contribution is 2.32. The molecule has 2 N–H and O–H groups in total. The number of benzene rings is 1. The molecule has 4 heteroatoms. The first-order valence-corrected chi connectivity index (χ1v) is 8.01. The Kier molecular flexibility index (Phi) is 5.88. The van der Waals surface area contributed by atoms with Crippen LogP contribution in [-0.4, -0.2) is 24.3 Å². The van der Waals surface area contributed by atoms with E-state index in [4.69, 9.17) is 15.2 Å². The molecule has 0 amide bonds. The Morgan fingerprint density at radius 3 is 2.86 bits per heavy atom. The lowest BCUT2D eigenvalue weighted by molar-refractivity contribution is -0.0175. The molecule has 1 atom stereocenters. The van der Waals surface area contributed by atoms with Gasteiger partial charge in [0.25, 0.3) is 0 Å². The lowest BCUT2D eigenvalue weighted by Gasteiger charge is -2.30. The van der Waals surface area contributed by atoms with Crippen molar-refractivity contribution in [2.75, 3.05) is 19.1 Å². The van der Waals surface area contributed by atoms with Gasteiger partial charge in [-0.1, -0.05) is 20.3 Å². The van der Waals surface area contributed by atoms with Gasteiger partial charge >= 0.3 is 0 Å². The van der Waals surface area contributed by atoms with E-state index in [1.54, 1.807) is 0 Å². The zero-order valence-electron chi connectivity index (χ0n) is 13.5. The van der Waals surface area contributed by atoms with Crippen LogP contribution in [-0.2, 0) is 17.9 Å².